The molecule has 3 N–H and O–H groups in total. The average molecular weight is 498 g/mol. The van der Waals surface area contributed by atoms with E-state index in [1.54, 1.807) is 62.7 Å². The second-order valence-corrected chi connectivity index (χ2v) is 9.52. The largest absolute Gasteiger partial charge is 0.487 e. The summed E-state index contributed by atoms with van der Waals surface area (Å²) in [5.74, 6) is 0.936. The molecule has 9 nitrogen and oxygen atoms in total. The number of halogens is 1. The Balaban J connectivity index is 1.58. The first-order valence-corrected chi connectivity index (χ1v) is 12.3. The number of nitrogens with one attached hydrogen (secondary N) is 3. The van der Waals surface area contributed by atoms with Gasteiger partial charge in [-0.05, 0) is 42.8 Å². The Hall–Kier alpha value is -4.12. The lowest BCUT2D eigenvalue weighted by molar-refractivity contribution is 0.308. The fraction of sp³-hybridized carbons (Fsp3) is 0.167. The van der Waals surface area contributed by atoms with E-state index < -0.39 is 10.0 Å². The van der Waals surface area contributed by atoms with Gasteiger partial charge in [0.05, 0.1) is 24.2 Å². The van der Waals surface area contributed by atoms with Crippen molar-refractivity contribution < 1.29 is 22.3 Å². The van der Waals surface area contributed by atoms with E-state index in [9.17, 15) is 12.8 Å². The van der Waals surface area contributed by atoms with Crippen molar-refractivity contribution in [2.75, 3.05) is 22.9 Å². The van der Waals surface area contributed by atoms with Crippen molar-refractivity contribution in [3.8, 4) is 22.9 Å². The number of aromatic nitrogens is 3. The lowest BCUT2D eigenvalue weighted by Crippen LogP contribution is -2.15. The molecule has 0 aliphatic heterocycles. The predicted octanol–water partition coefficient (Wildman–Crippen LogP) is 4.70. The molecule has 0 unspecified atom stereocenters. The van der Waals surface area contributed by atoms with E-state index in [4.69, 9.17) is 9.47 Å². The number of sulfonamides is 1. The molecule has 2 heterocycles. The van der Waals surface area contributed by atoms with Crippen molar-refractivity contribution in [2.24, 2.45) is 0 Å². The van der Waals surface area contributed by atoms with E-state index in [1.165, 1.54) is 12.1 Å². The van der Waals surface area contributed by atoms with Gasteiger partial charge in [0, 0.05) is 29.6 Å². The van der Waals surface area contributed by atoms with Gasteiger partial charge in [-0.3, -0.25) is 9.82 Å². The van der Waals surface area contributed by atoms with Crippen LogP contribution in [0.1, 0.15) is 12.5 Å². The van der Waals surface area contributed by atoms with Gasteiger partial charge in [-0.15, -0.1) is 0 Å². The lowest BCUT2D eigenvalue weighted by atomic mass is 10.1. The van der Waals surface area contributed by atoms with Crippen LogP contribution in [0.4, 0.5) is 21.6 Å². The summed E-state index contributed by atoms with van der Waals surface area (Å²) in [7, 11) is -1.98. The summed E-state index contributed by atoms with van der Waals surface area (Å²) < 4.78 is 51.1. The van der Waals surface area contributed by atoms with Gasteiger partial charge in [-0.25, -0.2) is 17.8 Å². The summed E-state index contributed by atoms with van der Waals surface area (Å²) in [4.78, 5) is 4.07. The zero-order valence-corrected chi connectivity index (χ0v) is 19.9. The van der Waals surface area contributed by atoms with Crippen molar-refractivity contribution in [2.45, 2.75) is 13.5 Å². The minimum atomic E-state index is -3.52. The number of rotatable bonds is 10. The molecule has 0 aliphatic rings. The maximum Gasteiger partial charge on any atom is 0.232 e. The van der Waals surface area contributed by atoms with E-state index >= 15 is 0 Å². The SMILES string of the molecule is CCS(=O)(=O)Nc1ccc(-c2cc(Nc3ccnc(OC)c3)n[nH]2)cc1OCc1ccc(F)cc1. The Kier molecular flexibility index (Phi) is 7.16. The maximum atomic E-state index is 13.2. The highest BCUT2D eigenvalue weighted by Gasteiger charge is 2.14. The fourth-order valence-electron chi connectivity index (χ4n) is 3.16. The van der Waals surface area contributed by atoms with Crippen LogP contribution in [0, 0.1) is 5.82 Å². The van der Waals surface area contributed by atoms with Gasteiger partial charge in [0.1, 0.15) is 18.2 Å². The average Bonchev–Trinajstić information content (AvgIpc) is 3.32. The molecule has 0 bridgehead atoms. The van der Waals surface area contributed by atoms with Crippen LogP contribution in [0.3, 0.4) is 0 Å². The van der Waals surface area contributed by atoms with Gasteiger partial charge < -0.3 is 14.8 Å². The van der Waals surface area contributed by atoms with Crippen LogP contribution >= 0.6 is 0 Å². The smallest absolute Gasteiger partial charge is 0.232 e. The molecule has 0 saturated heterocycles. The highest BCUT2D eigenvalue weighted by Crippen LogP contribution is 2.33. The molecule has 11 heteroatoms. The highest BCUT2D eigenvalue weighted by molar-refractivity contribution is 7.92. The Labute approximate surface area is 202 Å². The molecular weight excluding hydrogens is 473 g/mol. The number of hydrogen-bond acceptors (Lipinski definition) is 7. The Bertz CT molecular complexity index is 1410. The molecule has 0 saturated carbocycles. The molecule has 0 amide bonds. The fourth-order valence-corrected chi connectivity index (χ4v) is 3.80. The number of H-pyrrole nitrogens is 1. The third kappa shape index (κ3) is 6.27. The predicted molar refractivity (Wildman–Crippen MR) is 132 cm³/mol. The number of methoxy groups -OCH3 is 1. The van der Waals surface area contributed by atoms with Gasteiger partial charge in [-0.1, -0.05) is 18.2 Å². The quantitative estimate of drug-likeness (QED) is 0.291. The zero-order chi connectivity index (χ0) is 24.8. The molecule has 0 radical (unpaired) electrons. The first-order valence-electron chi connectivity index (χ1n) is 10.7. The topological polar surface area (TPSA) is 118 Å². The number of pyridine rings is 1. The van der Waals surface area contributed by atoms with Crippen molar-refractivity contribution in [1.29, 1.82) is 0 Å². The van der Waals surface area contributed by atoms with E-state index in [2.05, 4.69) is 25.2 Å². The minimum Gasteiger partial charge on any atom is -0.487 e. The minimum absolute atomic E-state index is 0.0818. The normalized spacial score (nSPS) is 11.2. The molecule has 4 rings (SSSR count). The van der Waals surface area contributed by atoms with Crippen molar-refractivity contribution >= 4 is 27.2 Å². The molecule has 0 fully saturated rings. The van der Waals surface area contributed by atoms with Gasteiger partial charge >= 0.3 is 0 Å². The summed E-state index contributed by atoms with van der Waals surface area (Å²) in [6.45, 7) is 1.68. The van der Waals surface area contributed by atoms with Crippen molar-refractivity contribution in [3.63, 3.8) is 0 Å². The molecule has 2 aromatic heterocycles. The van der Waals surface area contributed by atoms with Crippen LogP contribution in [0.25, 0.3) is 11.3 Å². The highest BCUT2D eigenvalue weighted by atomic mass is 32.2. The number of nitrogens with zero attached hydrogens (tertiary/aromatic N) is 2. The number of anilines is 3. The molecule has 0 atom stereocenters. The first-order chi connectivity index (χ1) is 16.8. The number of ether oxygens (including phenoxy) is 2. The van der Waals surface area contributed by atoms with E-state index in [-0.39, 0.29) is 18.2 Å². The molecule has 0 spiro atoms. The van der Waals surface area contributed by atoms with Crippen LogP contribution in [0.2, 0.25) is 0 Å². The maximum absolute atomic E-state index is 13.2. The number of hydrogen-bond donors (Lipinski definition) is 3. The molecule has 0 aliphatic carbocycles. The molecule has 2 aromatic carbocycles. The van der Waals surface area contributed by atoms with Crippen molar-refractivity contribution in [1.82, 2.24) is 15.2 Å². The summed E-state index contributed by atoms with van der Waals surface area (Å²) in [6.07, 6.45) is 1.62. The number of benzene rings is 2. The van der Waals surface area contributed by atoms with Gasteiger partial charge in [0.25, 0.3) is 0 Å². The number of aromatic amines is 1. The van der Waals surface area contributed by atoms with Gasteiger partial charge in [-0.2, -0.15) is 5.10 Å². The lowest BCUT2D eigenvalue weighted by Gasteiger charge is -2.14. The van der Waals surface area contributed by atoms with Crippen LogP contribution in [0.15, 0.2) is 66.9 Å². The van der Waals surface area contributed by atoms with E-state index in [0.29, 0.717) is 28.8 Å². The molecule has 182 valence electrons. The monoisotopic (exact) mass is 497 g/mol. The van der Waals surface area contributed by atoms with E-state index in [0.717, 1.165) is 16.8 Å². The molecular formula is C24H24FN5O4S. The second-order valence-electron chi connectivity index (χ2n) is 7.51. The van der Waals surface area contributed by atoms with Gasteiger partial charge in [0.2, 0.25) is 15.9 Å². The third-order valence-electron chi connectivity index (χ3n) is 5.04. The Morgan fingerprint density at radius 1 is 1.06 bits per heavy atom. The Morgan fingerprint density at radius 3 is 2.60 bits per heavy atom. The summed E-state index contributed by atoms with van der Waals surface area (Å²) in [6, 6.07) is 16.3. The zero-order valence-electron chi connectivity index (χ0n) is 19.1. The summed E-state index contributed by atoms with van der Waals surface area (Å²) in [5.41, 5.74) is 3.21. The summed E-state index contributed by atoms with van der Waals surface area (Å²) in [5, 5.41) is 10.4. The second kappa shape index (κ2) is 10.4. The standard InChI is InChI=1S/C24H24FN5O4S/c1-3-35(31,32)30-20-9-6-17(12-22(20)34-15-16-4-7-18(25)8-5-16)21-14-23(29-28-21)27-19-10-11-26-24(13-19)33-2/h4-14,30H,3,15H2,1-2H3,(H2,26,27,28,29). The summed E-state index contributed by atoms with van der Waals surface area (Å²) >= 11 is 0. The first kappa shape index (κ1) is 24.0. The van der Waals surface area contributed by atoms with Crippen LogP contribution < -0.4 is 19.5 Å². The van der Waals surface area contributed by atoms with E-state index in [1.807, 2.05) is 6.07 Å². The molecule has 35 heavy (non-hydrogen) atoms. The van der Waals surface area contributed by atoms with Crippen LogP contribution in [-0.4, -0.2) is 36.5 Å². The molecule has 4 aromatic rings. The van der Waals surface area contributed by atoms with Crippen LogP contribution in [-0.2, 0) is 16.6 Å². The van der Waals surface area contributed by atoms with Gasteiger partial charge in [0.15, 0.2) is 5.82 Å². The van der Waals surface area contributed by atoms with Crippen LogP contribution in [0.5, 0.6) is 11.6 Å². The van der Waals surface area contributed by atoms with Crippen molar-refractivity contribution in [3.05, 3.63) is 78.2 Å². The Morgan fingerprint density at radius 2 is 1.86 bits per heavy atom. The third-order valence-corrected chi connectivity index (χ3v) is 6.33.